The molecule has 2 amide bonds. The first-order chi connectivity index (χ1) is 39.5. The summed E-state index contributed by atoms with van der Waals surface area (Å²) in [6.07, 6.45) is 6.01. The molecule has 0 spiro atoms. The average Bonchev–Trinajstić information content (AvgIpc) is 2.94. The van der Waals surface area contributed by atoms with Crippen LogP contribution < -0.4 is 10.6 Å². The third-order valence-corrected chi connectivity index (χ3v) is 16.5. The van der Waals surface area contributed by atoms with E-state index in [9.17, 15) is 70.9 Å². The van der Waals surface area contributed by atoms with Crippen LogP contribution in [-0.2, 0) is 38.0 Å². The summed E-state index contributed by atoms with van der Waals surface area (Å²) in [6.45, 7) is 2.63. The van der Waals surface area contributed by atoms with Gasteiger partial charge in [0.05, 0.1) is 38.6 Å². The maximum absolute atomic E-state index is 13.7. The SMILES string of the molecule is CCCCCCCCCCCCCCCCCCCCCCC(O)C(=O)NC(COC1OC(COC2OC(CO)C(O)C(O)C2NC(C)=O)C(O)C(O)C1OC1OC(CO)C(O)C(O)C1O)C(O)C(O)CCCCCCCCCCCC. The Morgan fingerprint density at radius 2 is 0.866 bits per heavy atom. The normalized spacial score (nSPS) is 30.2. The van der Waals surface area contributed by atoms with Gasteiger partial charge in [-0.15, -0.1) is 0 Å². The van der Waals surface area contributed by atoms with E-state index in [1.54, 1.807) is 0 Å². The van der Waals surface area contributed by atoms with Crippen LogP contribution in [0.3, 0.4) is 0 Å². The highest BCUT2D eigenvalue weighted by Gasteiger charge is 2.52. The number of rotatable bonds is 47. The first-order valence-electron chi connectivity index (χ1n) is 32.0. The van der Waals surface area contributed by atoms with Crippen molar-refractivity contribution in [3.63, 3.8) is 0 Å². The molecule has 3 fully saturated rings. The van der Waals surface area contributed by atoms with Gasteiger partial charge in [0.1, 0.15) is 85.4 Å². The molecule has 0 radical (unpaired) electrons. The second-order valence-corrected chi connectivity index (χ2v) is 23.6. The first kappa shape index (κ1) is 74.5. The Labute approximate surface area is 489 Å². The Balaban J connectivity index is 1.67. The molecule has 82 heavy (non-hydrogen) atoms. The largest absolute Gasteiger partial charge is 0.394 e. The summed E-state index contributed by atoms with van der Waals surface area (Å²) in [7, 11) is 0. The quantitative estimate of drug-likeness (QED) is 0.0386. The number of aliphatic hydroxyl groups is 12. The molecule has 484 valence electrons. The molecular formula is C60H114N2O20. The van der Waals surface area contributed by atoms with Gasteiger partial charge in [-0.3, -0.25) is 9.59 Å². The minimum atomic E-state index is -2.01. The standard InChI is InChI=1S/C60H114N2O20/c1-4-6-8-10-12-14-16-17-18-19-20-21-22-23-24-25-27-29-31-33-35-43(67)57(76)62-41(48(68)42(66)34-32-30-28-26-15-13-11-9-7-5-2)38-77-60-56(82-59-55(75)53(73)50(70)45(37-64)80-59)54(74)51(71)46(81-60)39-78-58-47(61-40(3)65)52(72)49(69)44(36-63)79-58/h41-56,58-60,63-64,66-75H,4-39H2,1-3H3,(H,61,65)(H,62,76). The number of amides is 2. The molecule has 3 rings (SSSR count). The van der Waals surface area contributed by atoms with Crippen molar-refractivity contribution < 1.29 is 99.3 Å². The average molecular weight is 1180 g/mol. The fraction of sp³-hybridized carbons (Fsp3) is 0.967. The lowest BCUT2D eigenvalue weighted by molar-refractivity contribution is -0.371. The van der Waals surface area contributed by atoms with Gasteiger partial charge < -0.3 is 100 Å². The molecule has 14 N–H and O–H groups in total. The van der Waals surface area contributed by atoms with Crippen molar-refractivity contribution in [1.29, 1.82) is 0 Å². The van der Waals surface area contributed by atoms with Crippen LogP contribution in [0.2, 0.25) is 0 Å². The highest BCUT2D eigenvalue weighted by atomic mass is 16.8. The topological polar surface area (TPSA) is 356 Å². The third-order valence-electron chi connectivity index (χ3n) is 16.5. The minimum Gasteiger partial charge on any atom is -0.394 e. The second kappa shape index (κ2) is 43.8. The van der Waals surface area contributed by atoms with E-state index in [-0.39, 0.29) is 12.8 Å². The predicted molar refractivity (Wildman–Crippen MR) is 306 cm³/mol. The summed E-state index contributed by atoms with van der Waals surface area (Å²) in [5.41, 5.74) is 0. The Morgan fingerprint density at radius 3 is 1.32 bits per heavy atom. The number of ether oxygens (including phenoxy) is 6. The molecule has 0 aromatic carbocycles. The Morgan fingerprint density at radius 1 is 0.463 bits per heavy atom. The maximum Gasteiger partial charge on any atom is 0.249 e. The lowest BCUT2D eigenvalue weighted by Gasteiger charge is -2.47. The number of hydrogen-bond donors (Lipinski definition) is 14. The third kappa shape index (κ3) is 27.5. The lowest BCUT2D eigenvalue weighted by atomic mass is 9.96. The van der Waals surface area contributed by atoms with Gasteiger partial charge in [0.25, 0.3) is 0 Å². The van der Waals surface area contributed by atoms with Crippen molar-refractivity contribution in [2.24, 2.45) is 0 Å². The van der Waals surface area contributed by atoms with E-state index in [4.69, 9.17) is 28.4 Å². The van der Waals surface area contributed by atoms with Gasteiger partial charge in [-0.05, 0) is 12.8 Å². The molecular weight excluding hydrogens is 1070 g/mol. The van der Waals surface area contributed by atoms with Crippen LogP contribution >= 0.6 is 0 Å². The number of unbranched alkanes of at least 4 members (excludes halogenated alkanes) is 28. The molecule has 22 nitrogen and oxygen atoms in total. The first-order valence-corrected chi connectivity index (χ1v) is 32.0. The van der Waals surface area contributed by atoms with Crippen LogP contribution in [0.25, 0.3) is 0 Å². The minimum absolute atomic E-state index is 0.130. The van der Waals surface area contributed by atoms with Gasteiger partial charge in [-0.25, -0.2) is 0 Å². The van der Waals surface area contributed by atoms with Crippen molar-refractivity contribution in [2.75, 3.05) is 26.4 Å². The Bertz CT molecular complexity index is 1610. The van der Waals surface area contributed by atoms with E-state index in [1.807, 2.05) is 0 Å². The number of carbonyl (C=O) groups excluding carboxylic acids is 2. The number of carbonyl (C=O) groups is 2. The fourth-order valence-electron chi connectivity index (χ4n) is 11.2. The smallest absolute Gasteiger partial charge is 0.249 e. The molecule has 0 aromatic heterocycles. The molecule has 19 unspecified atom stereocenters. The van der Waals surface area contributed by atoms with E-state index in [1.165, 1.54) is 122 Å². The Hall–Kier alpha value is -1.78. The summed E-state index contributed by atoms with van der Waals surface area (Å²) >= 11 is 0. The van der Waals surface area contributed by atoms with E-state index in [0.717, 1.165) is 64.7 Å². The molecule has 19 atom stereocenters. The number of nitrogens with one attached hydrogen (secondary N) is 2. The van der Waals surface area contributed by atoms with E-state index in [2.05, 4.69) is 24.5 Å². The van der Waals surface area contributed by atoms with Crippen LogP contribution in [0.1, 0.15) is 226 Å². The van der Waals surface area contributed by atoms with Crippen molar-refractivity contribution in [1.82, 2.24) is 10.6 Å². The van der Waals surface area contributed by atoms with Gasteiger partial charge >= 0.3 is 0 Å². The van der Waals surface area contributed by atoms with Crippen molar-refractivity contribution in [2.45, 2.75) is 343 Å². The van der Waals surface area contributed by atoms with Gasteiger partial charge in [0.2, 0.25) is 11.8 Å². The molecule has 0 aromatic rings. The van der Waals surface area contributed by atoms with E-state index < -0.39 is 155 Å². The molecule has 0 bridgehead atoms. The summed E-state index contributed by atoms with van der Waals surface area (Å²) in [4.78, 5) is 25.8. The summed E-state index contributed by atoms with van der Waals surface area (Å²) < 4.78 is 35.2. The lowest BCUT2D eigenvalue weighted by Crippen LogP contribution is -2.66. The number of hydrogen-bond acceptors (Lipinski definition) is 20. The van der Waals surface area contributed by atoms with Gasteiger partial charge in [-0.2, -0.15) is 0 Å². The molecule has 3 saturated heterocycles. The van der Waals surface area contributed by atoms with Gasteiger partial charge in [0, 0.05) is 6.92 Å². The van der Waals surface area contributed by atoms with Crippen molar-refractivity contribution >= 4 is 11.8 Å². The zero-order valence-electron chi connectivity index (χ0n) is 50.1. The van der Waals surface area contributed by atoms with Crippen LogP contribution in [0.4, 0.5) is 0 Å². The van der Waals surface area contributed by atoms with Crippen LogP contribution in [-0.4, -0.2) is 216 Å². The molecule has 22 heteroatoms. The summed E-state index contributed by atoms with van der Waals surface area (Å²) in [5, 5.41) is 135. The molecule has 0 saturated carbocycles. The molecule has 0 aliphatic carbocycles. The molecule has 3 aliphatic heterocycles. The van der Waals surface area contributed by atoms with Crippen LogP contribution in [0.5, 0.6) is 0 Å². The highest BCUT2D eigenvalue weighted by Crippen LogP contribution is 2.32. The summed E-state index contributed by atoms with van der Waals surface area (Å²) in [5.74, 6) is -1.48. The molecule has 3 aliphatic rings. The van der Waals surface area contributed by atoms with Gasteiger partial charge in [0.15, 0.2) is 18.9 Å². The van der Waals surface area contributed by atoms with E-state index >= 15 is 0 Å². The van der Waals surface area contributed by atoms with Gasteiger partial charge in [-0.1, -0.05) is 206 Å². The van der Waals surface area contributed by atoms with Crippen molar-refractivity contribution in [3.8, 4) is 0 Å². The Kier molecular flexibility index (Phi) is 39.8. The highest BCUT2D eigenvalue weighted by molar-refractivity contribution is 5.80. The second-order valence-electron chi connectivity index (χ2n) is 23.6. The molecule has 3 heterocycles. The zero-order valence-corrected chi connectivity index (χ0v) is 50.1. The maximum atomic E-state index is 13.7. The van der Waals surface area contributed by atoms with Crippen LogP contribution in [0.15, 0.2) is 0 Å². The zero-order chi connectivity index (χ0) is 60.2. The number of aliphatic hydroxyl groups excluding tert-OH is 12. The fourth-order valence-corrected chi connectivity index (χ4v) is 11.2. The van der Waals surface area contributed by atoms with Crippen LogP contribution in [0, 0.1) is 0 Å². The summed E-state index contributed by atoms with van der Waals surface area (Å²) in [6, 6.07) is -2.82. The van der Waals surface area contributed by atoms with E-state index in [0.29, 0.717) is 12.8 Å². The monoisotopic (exact) mass is 1180 g/mol. The predicted octanol–water partition coefficient (Wildman–Crippen LogP) is 3.69. The van der Waals surface area contributed by atoms with Crippen molar-refractivity contribution in [3.05, 3.63) is 0 Å².